The van der Waals surface area contributed by atoms with Gasteiger partial charge in [-0.2, -0.15) is 0 Å². The molecular weight excluding hydrogens is 143 g/mol. The summed E-state index contributed by atoms with van der Waals surface area (Å²) in [7, 11) is 0. The molecule has 0 radical (unpaired) electrons. The maximum atomic E-state index is 12.6. The lowest BCUT2D eigenvalue weighted by Crippen LogP contribution is -2.24. The van der Waals surface area contributed by atoms with Crippen LogP contribution >= 0.6 is 0 Å². The molecule has 3 heteroatoms. The van der Waals surface area contributed by atoms with Gasteiger partial charge in [0.25, 0.3) is 0 Å². The van der Waals surface area contributed by atoms with Crippen LogP contribution in [0.5, 0.6) is 0 Å². The van der Waals surface area contributed by atoms with Crippen molar-refractivity contribution in [3.05, 3.63) is 11.9 Å². The molecule has 0 spiro atoms. The van der Waals surface area contributed by atoms with Crippen molar-refractivity contribution >= 4 is 6.72 Å². The topological polar surface area (TPSA) is 15.6 Å². The summed E-state index contributed by atoms with van der Waals surface area (Å²) in [5, 5.41) is 0. The van der Waals surface area contributed by atoms with Gasteiger partial charge in [-0.25, -0.2) is 4.39 Å². The minimum atomic E-state index is 0.0107. The summed E-state index contributed by atoms with van der Waals surface area (Å²) in [6, 6.07) is 0. The van der Waals surface area contributed by atoms with Gasteiger partial charge in [0.05, 0.1) is 12.5 Å². The molecule has 0 atom stereocenters. The third-order valence-electron chi connectivity index (χ3n) is 1.78. The van der Waals surface area contributed by atoms with Gasteiger partial charge in [0.1, 0.15) is 0 Å². The molecule has 1 heterocycles. The second-order valence-electron chi connectivity index (χ2n) is 2.67. The van der Waals surface area contributed by atoms with Gasteiger partial charge in [-0.15, -0.1) is 0 Å². The minimum absolute atomic E-state index is 0.0107. The van der Waals surface area contributed by atoms with Crippen LogP contribution in [-0.2, 0) is 0 Å². The molecule has 1 aliphatic rings. The van der Waals surface area contributed by atoms with E-state index in [9.17, 15) is 4.39 Å². The molecule has 0 aliphatic carbocycles. The Morgan fingerprint density at radius 3 is 3.18 bits per heavy atom. The molecule has 0 amide bonds. The number of hydrogen-bond donors (Lipinski definition) is 0. The normalized spacial score (nSPS) is 20.6. The molecule has 0 saturated heterocycles. The molecule has 0 saturated carbocycles. The van der Waals surface area contributed by atoms with Gasteiger partial charge >= 0.3 is 0 Å². The molecule has 0 aromatic carbocycles. The summed E-state index contributed by atoms with van der Waals surface area (Å²) < 4.78 is 12.6. The van der Waals surface area contributed by atoms with Gasteiger partial charge in [0.15, 0.2) is 0 Å². The fourth-order valence-corrected chi connectivity index (χ4v) is 1.17. The zero-order valence-electron chi connectivity index (χ0n) is 6.59. The summed E-state index contributed by atoms with van der Waals surface area (Å²) in [5.41, 5.74) is 0. The lowest BCUT2D eigenvalue weighted by atomic mass is 10.3. The number of rotatable bonds is 2. The molecule has 0 aromatic heterocycles. The summed E-state index contributed by atoms with van der Waals surface area (Å²) >= 11 is 0. The third kappa shape index (κ3) is 2.80. The van der Waals surface area contributed by atoms with E-state index in [1.54, 1.807) is 6.08 Å². The molecule has 0 unspecified atom stereocenters. The summed E-state index contributed by atoms with van der Waals surface area (Å²) in [4.78, 5) is 5.85. The van der Waals surface area contributed by atoms with Gasteiger partial charge in [-0.3, -0.25) is 9.89 Å². The summed E-state index contributed by atoms with van der Waals surface area (Å²) in [5.74, 6) is 0.0107. The zero-order valence-corrected chi connectivity index (χ0v) is 6.59. The van der Waals surface area contributed by atoms with E-state index in [0.717, 1.165) is 19.5 Å². The number of hydrogen-bond acceptors (Lipinski definition) is 2. The fraction of sp³-hybridized carbons (Fsp3) is 0.625. The Bertz CT molecular complexity index is 165. The Balaban J connectivity index is 2.34. The summed E-state index contributed by atoms with van der Waals surface area (Å²) in [6.07, 6.45) is 2.97. The first-order chi connectivity index (χ1) is 5.33. The molecule has 2 nitrogen and oxygen atoms in total. The van der Waals surface area contributed by atoms with Gasteiger partial charge in [0, 0.05) is 19.5 Å². The highest BCUT2D eigenvalue weighted by Gasteiger charge is 2.07. The molecular formula is C8H13FN2. The van der Waals surface area contributed by atoms with Crippen molar-refractivity contribution < 1.29 is 4.39 Å². The van der Waals surface area contributed by atoms with Crippen LogP contribution < -0.4 is 0 Å². The molecule has 1 rings (SSSR count). The van der Waals surface area contributed by atoms with Gasteiger partial charge in [0.2, 0.25) is 0 Å². The monoisotopic (exact) mass is 156 g/mol. The van der Waals surface area contributed by atoms with E-state index in [1.165, 1.54) is 0 Å². The first kappa shape index (κ1) is 8.40. The largest absolute Gasteiger partial charge is 0.285 e. The standard InChI is InChI=1S/C8H13FN2/c1-10-7-11-5-2-3-8(9)4-6-11/h3H,1-2,4-7H2. The van der Waals surface area contributed by atoms with Crippen molar-refractivity contribution in [1.29, 1.82) is 0 Å². The highest BCUT2D eigenvalue weighted by atomic mass is 19.1. The number of halogens is 1. The Morgan fingerprint density at radius 1 is 1.64 bits per heavy atom. The highest BCUT2D eigenvalue weighted by molar-refractivity contribution is 5.22. The van der Waals surface area contributed by atoms with Gasteiger partial charge in [-0.1, -0.05) is 6.08 Å². The molecule has 62 valence electrons. The van der Waals surface area contributed by atoms with Crippen LogP contribution in [0.15, 0.2) is 16.9 Å². The third-order valence-corrected chi connectivity index (χ3v) is 1.78. The number of aliphatic imine (C=N–C) groups is 1. The lowest BCUT2D eigenvalue weighted by molar-refractivity contribution is 0.294. The average Bonchev–Trinajstić information content (AvgIpc) is 2.17. The van der Waals surface area contributed by atoms with Crippen LogP contribution in [0.1, 0.15) is 12.8 Å². The Morgan fingerprint density at radius 2 is 2.45 bits per heavy atom. The van der Waals surface area contributed by atoms with E-state index < -0.39 is 0 Å². The van der Waals surface area contributed by atoms with Crippen molar-refractivity contribution in [2.24, 2.45) is 4.99 Å². The van der Waals surface area contributed by atoms with Crippen molar-refractivity contribution in [1.82, 2.24) is 4.90 Å². The molecule has 0 fully saturated rings. The first-order valence-electron chi connectivity index (χ1n) is 3.82. The van der Waals surface area contributed by atoms with E-state index in [1.807, 2.05) is 0 Å². The van der Waals surface area contributed by atoms with Crippen LogP contribution in [0.4, 0.5) is 4.39 Å². The molecule has 11 heavy (non-hydrogen) atoms. The van der Waals surface area contributed by atoms with Crippen LogP contribution in [-0.4, -0.2) is 31.4 Å². The second-order valence-corrected chi connectivity index (χ2v) is 2.67. The predicted molar refractivity (Wildman–Crippen MR) is 44.4 cm³/mol. The minimum Gasteiger partial charge on any atom is -0.285 e. The Labute approximate surface area is 66.4 Å². The smallest absolute Gasteiger partial charge is 0.0973 e. The Kier molecular flexibility index (Phi) is 3.23. The van der Waals surface area contributed by atoms with Crippen LogP contribution in [0.3, 0.4) is 0 Å². The predicted octanol–water partition coefficient (Wildman–Crippen LogP) is 1.59. The Hall–Kier alpha value is -0.700. The van der Waals surface area contributed by atoms with Crippen molar-refractivity contribution in [2.45, 2.75) is 12.8 Å². The van der Waals surface area contributed by atoms with Gasteiger partial charge < -0.3 is 0 Å². The van der Waals surface area contributed by atoms with E-state index in [2.05, 4.69) is 16.6 Å². The molecule has 0 bridgehead atoms. The van der Waals surface area contributed by atoms with Crippen LogP contribution in [0, 0.1) is 0 Å². The lowest BCUT2D eigenvalue weighted by Gasteiger charge is -2.15. The molecule has 0 aromatic rings. The zero-order chi connectivity index (χ0) is 8.10. The van der Waals surface area contributed by atoms with E-state index >= 15 is 0 Å². The van der Waals surface area contributed by atoms with Crippen molar-refractivity contribution in [2.75, 3.05) is 19.8 Å². The van der Waals surface area contributed by atoms with Crippen LogP contribution in [0.2, 0.25) is 0 Å². The maximum Gasteiger partial charge on any atom is 0.0973 e. The molecule has 1 aliphatic heterocycles. The first-order valence-corrected chi connectivity index (χ1v) is 3.82. The highest BCUT2D eigenvalue weighted by Crippen LogP contribution is 2.10. The van der Waals surface area contributed by atoms with E-state index in [-0.39, 0.29) is 5.83 Å². The van der Waals surface area contributed by atoms with E-state index in [0.29, 0.717) is 13.1 Å². The van der Waals surface area contributed by atoms with Crippen molar-refractivity contribution in [3.8, 4) is 0 Å². The summed E-state index contributed by atoms with van der Waals surface area (Å²) in [6.45, 7) is 5.69. The molecule has 0 N–H and O–H groups in total. The maximum absolute atomic E-state index is 12.6. The van der Waals surface area contributed by atoms with Crippen molar-refractivity contribution in [3.63, 3.8) is 0 Å². The quantitative estimate of drug-likeness (QED) is 0.554. The van der Waals surface area contributed by atoms with Gasteiger partial charge in [-0.05, 0) is 13.1 Å². The average molecular weight is 156 g/mol. The van der Waals surface area contributed by atoms with E-state index in [4.69, 9.17) is 0 Å². The van der Waals surface area contributed by atoms with Crippen LogP contribution in [0.25, 0.3) is 0 Å². The fourth-order valence-electron chi connectivity index (χ4n) is 1.17. The SMILES string of the molecule is C=NCN1CCC=C(F)CC1. The second kappa shape index (κ2) is 4.23. The number of nitrogens with zero attached hydrogens (tertiary/aromatic N) is 2.